The highest BCUT2D eigenvalue weighted by atomic mass is 16.5. The van der Waals surface area contributed by atoms with E-state index >= 15 is 0 Å². The molecule has 2 fully saturated rings. The fraction of sp³-hybridized carbons (Fsp3) is 0.600. The number of aromatic nitrogens is 4. The maximum atomic E-state index is 11.1. The van der Waals surface area contributed by atoms with Crippen LogP contribution in [0.25, 0.3) is 0 Å². The van der Waals surface area contributed by atoms with Crippen LogP contribution in [0.2, 0.25) is 0 Å². The lowest BCUT2D eigenvalue weighted by molar-refractivity contribution is -0.114. The van der Waals surface area contributed by atoms with Crippen molar-refractivity contribution >= 4 is 11.7 Å². The molecule has 122 valence electrons. The minimum absolute atomic E-state index is 0.105. The van der Waals surface area contributed by atoms with E-state index in [1.54, 1.807) is 0 Å². The molecule has 1 aliphatic carbocycles. The average Bonchev–Trinajstić information content (AvgIpc) is 2.90. The number of amides is 1. The Morgan fingerprint density at radius 2 is 2.30 bits per heavy atom. The number of hydrogen-bond donors (Lipinski definition) is 1. The molecule has 1 N–H and O–H groups in total. The summed E-state index contributed by atoms with van der Waals surface area (Å²) in [5.74, 6) is 2.58. The lowest BCUT2D eigenvalue weighted by Crippen LogP contribution is -2.21. The third-order valence-electron chi connectivity index (χ3n) is 4.32. The van der Waals surface area contributed by atoms with Crippen LogP contribution in [0.1, 0.15) is 49.9 Å². The molecular weight excluding hydrogens is 296 g/mol. The van der Waals surface area contributed by atoms with E-state index in [1.165, 1.54) is 19.8 Å². The molecule has 3 heterocycles. The Morgan fingerprint density at radius 1 is 1.43 bits per heavy atom. The Hall–Kier alpha value is -2.22. The van der Waals surface area contributed by atoms with Gasteiger partial charge in [-0.3, -0.25) is 14.4 Å². The fourth-order valence-electron chi connectivity index (χ4n) is 2.99. The third-order valence-corrected chi connectivity index (χ3v) is 4.32. The van der Waals surface area contributed by atoms with Crippen molar-refractivity contribution in [2.45, 2.75) is 44.7 Å². The normalized spacial score (nSPS) is 21.7. The Kier molecular flexibility index (Phi) is 3.60. The third kappa shape index (κ3) is 3.26. The maximum Gasteiger partial charge on any atom is 0.240 e. The van der Waals surface area contributed by atoms with E-state index in [4.69, 9.17) is 4.52 Å². The van der Waals surface area contributed by atoms with Gasteiger partial charge in [-0.25, -0.2) is 0 Å². The van der Waals surface area contributed by atoms with E-state index in [0.717, 1.165) is 25.3 Å². The van der Waals surface area contributed by atoms with Crippen LogP contribution in [0.3, 0.4) is 0 Å². The lowest BCUT2D eigenvalue weighted by Gasteiger charge is -2.13. The van der Waals surface area contributed by atoms with Gasteiger partial charge in [-0.15, -0.1) is 0 Å². The summed E-state index contributed by atoms with van der Waals surface area (Å²) < 4.78 is 7.27. The van der Waals surface area contributed by atoms with Gasteiger partial charge in [0.2, 0.25) is 11.8 Å². The second-order valence-electron chi connectivity index (χ2n) is 6.36. The van der Waals surface area contributed by atoms with Gasteiger partial charge in [-0.05, 0) is 19.3 Å². The van der Waals surface area contributed by atoms with E-state index < -0.39 is 0 Å². The van der Waals surface area contributed by atoms with Gasteiger partial charge in [0, 0.05) is 38.2 Å². The molecule has 0 unspecified atom stereocenters. The molecule has 1 saturated heterocycles. The number of anilines is 1. The minimum atomic E-state index is -0.105. The first-order valence-corrected chi connectivity index (χ1v) is 8.05. The van der Waals surface area contributed by atoms with E-state index in [2.05, 4.69) is 25.5 Å². The monoisotopic (exact) mass is 316 g/mol. The van der Waals surface area contributed by atoms with Crippen molar-refractivity contribution in [1.29, 1.82) is 0 Å². The molecule has 4 rings (SSSR count). The number of hydrogen-bond acceptors (Lipinski definition) is 6. The SMILES string of the molecule is CC(=O)Nc1ccn([C@@H]2CCN(Cc3nc(C4CC4)no3)C2)n1. The van der Waals surface area contributed by atoms with Gasteiger partial charge in [0.1, 0.15) is 0 Å². The Balaban J connectivity index is 1.34. The molecule has 1 aliphatic heterocycles. The summed E-state index contributed by atoms with van der Waals surface area (Å²) in [6, 6.07) is 2.13. The van der Waals surface area contributed by atoms with Gasteiger partial charge in [0.05, 0.1) is 12.6 Å². The molecule has 0 spiro atoms. The summed E-state index contributed by atoms with van der Waals surface area (Å²) in [6.07, 6.45) is 5.30. The van der Waals surface area contributed by atoms with E-state index in [-0.39, 0.29) is 5.91 Å². The first-order valence-electron chi connectivity index (χ1n) is 8.05. The van der Waals surface area contributed by atoms with Crippen molar-refractivity contribution in [3.8, 4) is 0 Å². The molecular formula is C15H20N6O2. The number of nitrogens with zero attached hydrogens (tertiary/aromatic N) is 5. The summed E-state index contributed by atoms with van der Waals surface area (Å²) in [6.45, 7) is 4.04. The summed E-state index contributed by atoms with van der Waals surface area (Å²) in [7, 11) is 0. The number of carbonyl (C=O) groups is 1. The van der Waals surface area contributed by atoms with E-state index in [0.29, 0.717) is 30.2 Å². The summed E-state index contributed by atoms with van der Waals surface area (Å²) in [5.41, 5.74) is 0. The Morgan fingerprint density at radius 3 is 3.09 bits per heavy atom. The van der Waals surface area contributed by atoms with Gasteiger partial charge >= 0.3 is 0 Å². The second kappa shape index (κ2) is 5.77. The maximum absolute atomic E-state index is 11.1. The molecule has 1 saturated carbocycles. The fourth-order valence-corrected chi connectivity index (χ4v) is 2.99. The van der Waals surface area contributed by atoms with Crippen LogP contribution in [0.5, 0.6) is 0 Å². The zero-order valence-electron chi connectivity index (χ0n) is 13.1. The minimum Gasteiger partial charge on any atom is -0.338 e. The number of rotatable bonds is 5. The molecule has 2 aliphatic rings. The molecule has 2 aromatic heterocycles. The van der Waals surface area contributed by atoms with Gasteiger partial charge in [0.15, 0.2) is 11.6 Å². The largest absolute Gasteiger partial charge is 0.338 e. The molecule has 2 aromatic rings. The van der Waals surface area contributed by atoms with Crippen molar-refractivity contribution < 1.29 is 9.32 Å². The first-order chi connectivity index (χ1) is 11.2. The van der Waals surface area contributed by atoms with Crippen molar-refractivity contribution in [3.05, 3.63) is 24.0 Å². The summed E-state index contributed by atoms with van der Waals surface area (Å²) >= 11 is 0. The van der Waals surface area contributed by atoms with Gasteiger partial charge in [-0.2, -0.15) is 10.1 Å². The predicted molar refractivity (Wildman–Crippen MR) is 81.7 cm³/mol. The van der Waals surface area contributed by atoms with E-state index in [9.17, 15) is 4.79 Å². The van der Waals surface area contributed by atoms with Gasteiger partial charge in [0.25, 0.3) is 0 Å². The molecule has 1 amide bonds. The Labute approximate surface area is 133 Å². The number of likely N-dealkylation sites (tertiary alicyclic amines) is 1. The standard InChI is InChI=1S/C15H20N6O2/c1-10(22)16-13-5-7-21(18-13)12-4-6-20(8-12)9-14-17-15(19-23-14)11-2-3-11/h5,7,11-12H,2-4,6,8-9H2,1H3,(H,16,18,22)/t12-/m1/s1. The molecule has 8 heteroatoms. The average molecular weight is 316 g/mol. The van der Waals surface area contributed by atoms with Crippen molar-refractivity contribution in [2.75, 3.05) is 18.4 Å². The van der Waals surface area contributed by atoms with E-state index in [1.807, 2.05) is 16.9 Å². The van der Waals surface area contributed by atoms with Crippen LogP contribution in [-0.4, -0.2) is 43.8 Å². The van der Waals surface area contributed by atoms with Crippen LogP contribution >= 0.6 is 0 Å². The Bertz CT molecular complexity index is 704. The molecule has 0 radical (unpaired) electrons. The van der Waals surface area contributed by atoms with Crippen molar-refractivity contribution in [3.63, 3.8) is 0 Å². The lowest BCUT2D eigenvalue weighted by atomic mass is 10.3. The second-order valence-corrected chi connectivity index (χ2v) is 6.36. The van der Waals surface area contributed by atoms with Crippen LogP contribution in [-0.2, 0) is 11.3 Å². The van der Waals surface area contributed by atoms with Crippen LogP contribution < -0.4 is 5.32 Å². The van der Waals surface area contributed by atoms with Gasteiger partial charge < -0.3 is 9.84 Å². The predicted octanol–water partition coefficient (Wildman–Crippen LogP) is 1.55. The summed E-state index contributed by atoms with van der Waals surface area (Å²) in [4.78, 5) is 17.8. The first kappa shape index (κ1) is 14.4. The zero-order chi connectivity index (χ0) is 15.8. The van der Waals surface area contributed by atoms with Crippen LogP contribution in [0, 0.1) is 0 Å². The topological polar surface area (TPSA) is 89.1 Å². The quantitative estimate of drug-likeness (QED) is 0.900. The van der Waals surface area contributed by atoms with Crippen molar-refractivity contribution in [2.24, 2.45) is 0 Å². The smallest absolute Gasteiger partial charge is 0.240 e. The van der Waals surface area contributed by atoms with Crippen LogP contribution in [0.15, 0.2) is 16.8 Å². The molecule has 0 bridgehead atoms. The van der Waals surface area contributed by atoms with Gasteiger partial charge in [-0.1, -0.05) is 5.16 Å². The highest BCUT2D eigenvalue weighted by molar-refractivity contribution is 5.87. The van der Waals surface area contributed by atoms with Crippen LogP contribution in [0.4, 0.5) is 5.82 Å². The van der Waals surface area contributed by atoms with Crippen molar-refractivity contribution in [1.82, 2.24) is 24.8 Å². The highest BCUT2D eigenvalue weighted by Crippen LogP contribution is 2.38. The molecule has 23 heavy (non-hydrogen) atoms. The molecule has 8 nitrogen and oxygen atoms in total. The number of nitrogens with one attached hydrogen (secondary N) is 1. The highest BCUT2D eigenvalue weighted by Gasteiger charge is 2.30. The molecule has 0 aromatic carbocycles. The molecule has 1 atom stereocenters. The number of carbonyl (C=O) groups excluding carboxylic acids is 1. The zero-order valence-corrected chi connectivity index (χ0v) is 13.1. The summed E-state index contributed by atoms with van der Waals surface area (Å²) in [5, 5.41) is 11.2.